The van der Waals surface area contributed by atoms with E-state index in [4.69, 9.17) is 27.9 Å². The summed E-state index contributed by atoms with van der Waals surface area (Å²) in [7, 11) is 0. The van der Waals surface area contributed by atoms with Gasteiger partial charge in [0.1, 0.15) is 12.6 Å². The highest BCUT2D eigenvalue weighted by Gasteiger charge is 2.28. The van der Waals surface area contributed by atoms with E-state index in [-0.39, 0.29) is 12.7 Å². The molecule has 1 amide bonds. The van der Waals surface area contributed by atoms with Crippen LogP contribution >= 0.6 is 23.2 Å². The molecule has 162 valence electrons. The Morgan fingerprint density at radius 2 is 2.00 bits per heavy atom. The van der Waals surface area contributed by atoms with Crippen LogP contribution in [0.15, 0.2) is 54.9 Å². The number of likely N-dealkylation sites (tertiary alicyclic amines) is 1. The molecular formula is C22H23Cl2N5O2. The molecule has 0 aliphatic carbocycles. The number of hydrogen-bond donors (Lipinski definition) is 0. The zero-order valence-electron chi connectivity index (χ0n) is 16.9. The molecule has 4 rings (SSSR count). The molecule has 9 heteroatoms. The number of rotatable bonds is 7. The second-order valence-corrected chi connectivity index (χ2v) is 8.46. The number of halogens is 2. The Labute approximate surface area is 190 Å². The van der Waals surface area contributed by atoms with Crippen LogP contribution in [0.3, 0.4) is 0 Å². The molecule has 1 aliphatic heterocycles. The second-order valence-electron chi connectivity index (χ2n) is 7.65. The van der Waals surface area contributed by atoms with Crippen molar-refractivity contribution in [2.24, 2.45) is 5.92 Å². The van der Waals surface area contributed by atoms with Crippen molar-refractivity contribution in [1.29, 1.82) is 0 Å². The summed E-state index contributed by atoms with van der Waals surface area (Å²) in [6.45, 7) is 1.49. The lowest BCUT2D eigenvalue weighted by Crippen LogP contribution is -2.32. The maximum atomic E-state index is 12.7. The number of hydrogen-bond acceptors (Lipinski definition) is 5. The summed E-state index contributed by atoms with van der Waals surface area (Å²) in [4.78, 5) is 15.9. The van der Waals surface area contributed by atoms with E-state index in [1.54, 1.807) is 17.0 Å². The summed E-state index contributed by atoms with van der Waals surface area (Å²) in [5.74, 6) is 0.482. The highest BCUT2D eigenvalue weighted by atomic mass is 35.5. The van der Waals surface area contributed by atoms with Gasteiger partial charge in [-0.3, -0.25) is 0 Å². The first-order valence-electron chi connectivity index (χ1n) is 10.2. The van der Waals surface area contributed by atoms with Crippen molar-refractivity contribution >= 4 is 29.3 Å². The SMILES string of the molecule is O=C(OCC(c1ccc(Cl)c(Cl)c1)n1ncnn1)N1CCC(CCc2ccccc2)C1. The molecule has 1 fully saturated rings. The van der Waals surface area contributed by atoms with E-state index >= 15 is 0 Å². The van der Waals surface area contributed by atoms with Gasteiger partial charge in [-0.25, -0.2) is 4.79 Å². The van der Waals surface area contributed by atoms with Crippen LogP contribution in [0.1, 0.15) is 30.0 Å². The lowest BCUT2D eigenvalue weighted by Gasteiger charge is -2.20. The van der Waals surface area contributed by atoms with Crippen molar-refractivity contribution in [3.05, 3.63) is 76.0 Å². The van der Waals surface area contributed by atoms with E-state index in [0.29, 0.717) is 29.1 Å². The number of tetrazole rings is 1. The van der Waals surface area contributed by atoms with Gasteiger partial charge in [0.25, 0.3) is 0 Å². The molecule has 2 heterocycles. The van der Waals surface area contributed by atoms with Gasteiger partial charge in [-0.05, 0) is 53.7 Å². The molecule has 1 saturated heterocycles. The topological polar surface area (TPSA) is 73.1 Å². The summed E-state index contributed by atoms with van der Waals surface area (Å²) in [5.41, 5.74) is 2.11. The third kappa shape index (κ3) is 5.54. The van der Waals surface area contributed by atoms with Crippen molar-refractivity contribution in [1.82, 2.24) is 25.1 Å². The first kappa shape index (κ1) is 21.6. The van der Waals surface area contributed by atoms with E-state index in [9.17, 15) is 4.79 Å². The molecule has 1 aromatic heterocycles. The van der Waals surface area contributed by atoms with Crippen LogP contribution < -0.4 is 0 Å². The quantitative estimate of drug-likeness (QED) is 0.513. The average molecular weight is 460 g/mol. The van der Waals surface area contributed by atoms with Gasteiger partial charge in [0.2, 0.25) is 0 Å². The second kappa shape index (κ2) is 10.1. The summed E-state index contributed by atoms with van der Waals surface area (Å²) < 4.78 is 5.63. The summed E-state index contributed by atoms with van der Waals surface area (Å²) in [6, 6.07) is 15.2. The average Bonchev–Trinajstić information content (AvgIpc) is 3.48. The predicted octanol–water partition coefficient (Wildman–Crippen LogP) is 4.66. The lowest BCUT2D eigenvalue weighted by atomic mass is 9.99. The van der Waals surface area contributed by atoms with Crippen LogP contribution in [0.2, 0.25) is 10.0 Å². The Bertz CT molecular complexity index is 1000. The number of nitrogens with zero attached hydrogens (tertiary/aromatic N) is 5. The van der Waals surface area contributed by atoms with Gasteiger partial charge in [-0.15, -0.1) is 10.2 Å². The molecule has 0 N–H and O–H groups in total. The normalized spacial score (nSPS) is 17.0. The summed E-state index contributed by atoms with van der Waals surface area (Å²) in [6.07, 6.45) is 4.08. The third-order valence-corrected chi connectivity index (χ3v) is 6.30. The fourth-order valence-corrected chi connectivity index (χ4v) is 4.13. The summed E-state index contributed by atoms with van der Waals surface area (Å²) >= 11 is 12.2. The van der Waals surface area contributed by atoms with Gasteiger partial charge in [0, 0.05) is 13.1 Å². The van der Waals surface area contributed by atoms with Gasteiger partial charge in [-0.2, -0.15) is 4.80 Å². The Hall–Kier alpha value is -2.64. The minimum Gasteiger partial charge on any atom is -0.447 e. The molecule has 7 nitrogen and oxygen atoms in total. The molecule has 0 bridgehead atoms. The van der Waals surface area contributed by atoms with Crippen molar-refractivity contribution < 1.29 is 9.53 Å². The highest BCUT2D eigenvalue weighted by molar-refractivity contribution is 6.42. The fourth-order valence-electron chi connectivity index (χ4n) is 3.82. The largest absolute Gasteiger partial charge is 0.447 e. The maximum absolute atomic E-state index is 12.7. The van der Waals surface area contributed by atoms with Gasteiger partial charge < -0.3 is 9.64 Å². The van der Waals surface area contributed by atoms with Crippen LogP contribution in [0.4, 0.5) is 4.79 Å². The minimum atomic E-state index is -0.447. The molecule has 1 aliphatic rings. The van der Waals surface area contributed by atoms with Gasteiger partial charge >= 0.3 is 6.09 Å². The van der Waals surface area contributed by atoms with Crippen LogP contribution in [-0.2, 0) is 11.2 Å². The minimum absolute atomic E-state index is 0.0678. The molecule has 3 aromatic rings. The number of ether oxygens (including phenoxy) is 1. The van der Waals surface area contributed by atoms with Gasteiger partial charge in [-0.1, -0.05) is 59.6 Å². The van der Waals surface area contributed by atoms with Crippen LogP contribution in [0.25, 0.3) is 0 Å². The molecule has 2 aromatic carbocycles. The number of benzene rings is 2. The zero-order chi connectivity index (χ0) is 21.6. The highest BCUT2D eigenvalue weighted by Crippen LogP contribution is 2.28. The monoisotopic (exact) mass is 459 g/mol. The van der Waals surface area contributed by atoms with E-state index < -0.39 is 6.04 Å². The first-order chi connectivity index (χ1) is 15.1. The van der Waals surface area contributed by atoms with E-state index in [1.165, 1.54) is 16.7 Å². The molecular weight excluding hydrogens is 437 g/mol. The summed E-state index contributed by atoms with van der Waals surface area (Å²) in [5, 5.41) is 12.7. The fraction of sp³-hybridized carbons (Fsp3) is 0.364. The van der Waals surface area contributed by atoms with Crippen molar-refractivity contribution in [2.75, 3.05) is 19.7 Å². The van der Waals surface area contributed by atoms with Gasteiger partial charge in [0.05, 0.1) is 10.0 Å². The number of carbonyl (C=O) groups is 1. The Morgan fingerprint density at radius 3 is 2.74 bits per heavy atom. The maximum Gasteiger partial charge on any atom is 0.409 e. The zero-order valence-corrected chi connectivity index (χ0v) is 18.4. The Balaban J connectivity index is 1.33. The lowest BCUT2D eigenvalue weighted by molar-refractivity contribution is 0.0961. The number of carbonyl (C=O) groups excluding carboxylic acids is 1. The molecule has 2 unspecified atom stereocenters. The molecule has 0 radical (unpaired) electrons. The number of aromatic nitrogens is 4. The smallest absolute Gasteiger partial charge is 0.409 e. The molecule has 0 saturated carbocycles. The van der Waals surface area contributed by atoms with Crippen LogP contribution in [0, 0.1) is 5.92 Å². The predicted molar refractivity (Wildman–Crippen MR) is 118 cm³/mol. The molecule has 31 heavy (non-hydrogen) atoms. The van der Waals surface area contributed by atoms with Crippen molar-refractivity contribution in [2.45, 2.75) is 25.3 Å². The van der Waals surface area contributed by atoms with E-state index in [1.807, 2.05) is 12.1 Å². The molecule has 0 spiro atoms. The van der Waals surface area contributed by atoms with Gasteiger partial charge in [0.15, 0.2) is 6.33 Å². The number of amides is 1. The van der Waals surface area contributed by atoms with Crippen LogP contribution in [0.5, 0.6) is 0 Å². The van der Waals surface area contributed by atoms with E-state index in [2.05, 4.69) is 39.7 Å². The Morgan fingerprint density at radius 1 is 1.16 bits per heavy atom. The van der Waals surface area contributed by atoms with Crippen LogP contribution in [-0.4, -0.2) is 50.9 Å². The number of aryl methyl sites for hydroxylation is 1. The standard InChI is InChI=1S/C22H23Cl2N5O2/c23-19-9-8-18(12-20(19)24)21(29-26-15-25-27-29)14-31-22(30)28-11-10-17(13-28)7-6-16-4-2-1-3-5-16/h1-5,8-9,12,15,17,21H,6-7,10-11,13-14H2. The Kier molecular flexibility index (Phi) is 7.04. The van der Waals surface area contributed by atoms with Crippen molar-refractivity contribution in [3.8, 4) is 0 Å². The first-order valence-corrected chi connectivity index (χ1v) is 11.0. The third-order valence-electron chi connectivity index (χ3n) is 5.56. The van der Waals surface area contributed by atoms with E-state index in [0.717, 1.165) is 24.8 Å². The van der Waals surface area contributed by atoms with Crippen molar-refractivity contribution in [3.63, 3.8) is 0 Å². The molecule has 2 atom stereocenters.